The second-order valence-corrected chi connectivity index (χ2v) is 8.22. The molecule has 34 heavy (non-hydrogen) atoms. The number of nitrogens with zero attached hydrogens (tertiary/aromatic N) is 5. The number of likely N-dealkylation sites (tertiary alicyclic amines) is 1. The van der Waals surface area contributed by atoms with Crippen LogP contribution in [0.1, 0.15) is 12.0 Å². The van der Waals surface area contributed by atoms with Crippen molar-refractivity contribution < 1.29 is 18.4 Å². The number of alkyl halides is 1. The standard InChI is InChI=1S/C21H23ClF2N8O2/c22-14-3-1-2-12(17(14)24)7-27-21(34)15-6-13(23)8-32(15)16(33)9-31-11-30-18-19(26-5-4-25)28-10-29-20(18)31/h1-3,10-11,13,15H,4-9,25H2,(H,27,34)(H,26,28,29)/t13-,15-/m1/s1. The number of nitrogens with one attached hydrogen (secondary N) is 2. The van der Waals surface area contributed by atoms with Gasteiger partial charge in [-0.3, -0.25) is 9.59 Å². The van der Waals surface area contributed by atoms with Gasteiger partial charge < -0.3 is 25.8 Å². The van der Waals surface area contributed by atoms with Gasteiger partial charge in [-0.25, -0.2) is 23.7 Å². The molecule has 1 saturated heterocycles. The van der Waals surface area contributed by atoms with Crippen LogP contribution < -0.4 is 16.4 Å². The van der Waals surface area contributed by atoms with Crippen LogP contribution in [0.25, 0.3) is 11.2 Å². The number of anilines is 1. The summed E-state index contributed by atoms with van der Waals surface area (Å²) >= 11 is 5.77. The fraction of sp³-hybridized carbons (Fsp3) is 0.381. The first-order valence-electron chi connectivity index (χ1n) is 10.6. The highest BCUT2D eigenvalue weighted by atomic mass is 35.5. The lowest BCUT2D eigenvalue weighted by Gasteiger charge is -2.24. The number of imidazole rings is 1. The molecule has 0 aliphatic carbocycles. The Bertz CT molecular complexity index is 1210. The summed E-state index contributed by atoms with van der Waals surface area (Å²) < 4.78 is 29.8. The van der Waals surface area contributed by atoms with E-state index in [1.165, 1.54) is 34.3 Å². The summed E-state index contributed by atoms with van der Waals surface area (Å²) in [5, 5.41) is 5.55. The molecular weight excluding hydrogens is 470 g/mol. The average molecular weight is 493 g/mol. The summed E-state index contributed by atoms with van der Waals surface area (Å²) in [6.07, 6.45) is 1.28. The summed E-state index contributed by atoms with van der Waals surface area (Å²) in [5.74, 6) is -1.19. The number of hydrogen-bond acceptors (Lipinski definition) is 7. The summed E-state index contributed by atoms with van der Waals surface area (Å²) in [5.41, 5.74) is 6.58. The molecule has 4 N–H and O–H groups in total. The first kappa shape index (κ1) is 23.8. The third kappa shape index (κ3) is 4.92. The number of halogens is 3. The Kier molecular flexibility index (Phi) is 7.17. The van der Waals surface area contributed by atoms with Crippen molar-refractivity contribution in [3.63, 3.8) is 0 Å². The van der Waals surface area contributed by atoms with Crippen LogP contribution in [0.4, 0.5) is 14.6 Å². The lowest BCUT2D eigenvalue weighted by Crippen LogP contribution is -2.46. The van der Waals surface area contributed by atoms with Crippen LogP contribution in [-0.4, -0.2) is 68.1 Å². The zero-order valence-electron chi connectivity index (χ0n) is 18.0. The Morgan fingerprint density at radius 2 is 2.09 bits per heavy atom. The molecule has 13 heteroatoms. The first-order chi connectivity index (χ1) is 16.4. The maximum Gasteiger partial charge on any atom is 0.243 e. The number of aromatic nitrogens is 4. The normalized spacial score (nSPS) is 17.8. The Morgan fingerprint density at radius 3 is 2.88 bits per heavy atom. The number of rotatable bonds is 8. The van der Waals surface area contributed by atoms with Gasteiger partial charge in [-0.1, -0.05) is 23.7 Å². The van der Waals surface area contributed by atoms with Crippen molar-refractivity contribution in [1.29, 1.82) is 0 Å². The second kappa shape index (κ2) is 10.3. The Hall–Kier alpha value is -3.38. The fourth-order valence-electron chi connectivity index (χ4n) is 3.85. The molecule has 0 bridgehead atoms. The summed E-state index contributed by atoms with van der Waals surface area (Å²) in [4.78, 5) is 39.5. The maximum atomic E-state index is 14.2. The van der Waals surface area contributed by atoms with Gasteiger partial charge in [0.05, 0.1) is 17.9 Å². The molecule has 2 atom stereocenters. The lowest BCUT2D eigenvalue weighted by molar-refractivity contribution is -0.139. The fourth-order valence-corrected chi connectivity index (χ4v) is 4.04. The molecular formula is C21H23ClF2N8O2. The van der Waals surface area contributed by atoms with Crippen LogP contribution in [0.5, 0.6) is 0 Å². The second-order valence-electron chi connectivity index (χ2n) is 7.81. The topological polar surface area (TPSA) is 131 Å². The van der Waals surface area contributed by atoms with Gasteiger partial charge in [0, 0.05) is 31.6 Å². The molecule has 4 rings (SSSR count). The number of nitrogens with two attached hydrogens (primary N) is 1. The number of amides is 2. The molecule has 10 nitrogen and oxygen atoms in total. The summed E-state index contributed by atoms with van der Waals surface area (Å²) in [6, 6.07) is 3.43. The van der Waals surface area contributed by atoms with Crippen molar-refractivity contribution in [2.45, 2.75) is 31.7 Å². The van der Waals surface area contributed by atoms with Crippen molar-refractivity contribution in [3.8, 4) is 0 Å². The van der Waals surface area contributed by atoms with Crippen LogP contribution in [-0.2, 0) is 22.7 Å². The van der Waals surface area contributed by atoms with E-state index >= 15 is 0 Å². The molecule has 2 amide bonds. The number of fused-ring (bicyclic) bond motifs is 1. The van der Waals surface area contributed by atoms with Crippen molar-refractivity contribution in [2.75, 3.05) is 25.0 Å². The molecule has 1 fully saturated rings. The van der Waals surface area contributed by atoms with Crippen molar-refractivity contribution in [1.82, 2.24) is 29.7 Å². The van der Waals surface area contributed by atoms with Gasteiger partial charge in [-0.2, -0.15) is 0 Å². The molecule has 0 radical (unpaired) electrons. The van der Waals surface area contributed by atoms with E-state index in [-0.39, 0.29) is 36.6 Å². The zero-order valence-corrected chi connectivity index (χ0v) is 18.8. The van der Waals surface area contributed by atoms with E-state index < -0.39 is 29.8 Å². The van der Waals surface area contributed by atoms with Crippen LogP contribution in [0.15, 0.2) is 30.9 Å². The van der Waals surface area contributed by atoms with Crippen LogP contribution in [0.2, 0.25) is 5.02 Å². The lowest BCUT2D eigenvalue weighted by atomic mass is 10.1. The highest BCUT2D eigenvalue weighted by Gasteiger charge is 2.39. The zero-order chi connectivity index (χ0) is 24.2. The van der Waals surface area contributed by atoms with E-state index in [1.807, 2.05) is 0 Å². The Labute approximate surface area is 198 Å². The minimum atomic E-state index is -1.35. The van der Waals surface area contributed by atoms with E-state index in [4.69, 9.17) is 17.3 Å². The van der Waals surface area contributed by atoms with Crippen LogP contribution in [0, 0.1) is 5.82 Å². The Balaban J connectivity index is 1.45. The molecule has 2 aromatic heterocycles. The van der Waals surface area contributed by atoms with Gasteiger partial charge in [0.25, 0.3) is 0 Å². The van der Waals surface area contributed by atoms with Gasteiger partial charge in [0.2, 0.25) is 11.8 Å². The predicted molar refractivity (Wildman–Crippen MR) is 121 cm³/mol. The third-order valence-corrected chi connectivity index (χ3v) is 5.79. The van der Waals surface area contributed by atoms with Gasteiger partial charge in [-0.05, 0) is 6.07 Å². The smallest absolute Gasteiger partial charge is 0.243 e. The number of hydrogen-bond donors (Lipinski definition) is 3. The molecule has 0 spiro atoms. The van der Waals surface area contributed by atoms with Gasteiger partial charge in [0.1, 0.15) is 36.4 Å². The van der Waals surface area contributed by atoms with E-state index in [0.29, 0.717) is 30.1 Å². The van der Waals surface area contributed by atoms with Crippen molar-refractivity contribution in [3.05, 3.63) is 47.3 Å². The maximum absolute atomic E-state index is 14.2. The van der Waals surface area contributed by atoms with Crippen LogP contribution in [0.3, 0.4) is 0 Å². The third-order valence-electron chi connectivity index (χ3n) is 5.50. The Morgan fingerprint density at radius 1 is 1.26 bits per heavy atom. The monoisotopic (exact) mass is 492 g/mol. The molecule has 1 aliphatic rings. The van der Waals surface area contributed by atoms with Crippen LogP contribution >= 0.6 is 11.6 Å². The molecule has 3 aromatic rings. The molecule has 180 valence electrons. The number of carbonyl (C=O) groups is 2. The quantitative estimate of drug-likeness (QED) is 0.431. The largest absolute Gasteiger partial charge is 0.367 e. The molecule has 1 aromatic carbocycles. The van der Waals surface area contributed by atoms with E-state index in [1.54, 1.807) is 6.07 Å². The average Bonchev–Trinajstić information content (AvgIpc) is 3.42. The molecule has 1 aliphatic heterocycles. The molecule has 0 saturated carbocycles. The number of benzene rings is 1. The van der Waals surface area contributed by atoms with E-state index in [0.717, 1.165) is 0 Å². The van der Waals surface area contributed by atoms with Crippen molar-refractivity contribution >= 4 is 40.4 Å². The van der Waals surface area contributed by atoms with E-state index in [9.17, 15) is 18.4 Å². The number of carbonyl (C=O) groups excluding carboxylic acids is 2. The van der Waals surface area contributed by atoms with Gasteiger partial charge in [-0.15, -0.1) is 0 Å². The summed E-state index contributed by atoms with van der Waals surface area (Å²) in [7, 11) is 0. The molecule has 3 heterocycles. The minimum absolute atomic E-state index is 0.0639. The van der Waals surface area contributed by atoms with E-state index in [2.05, 4.69) is 25.6 Å². The summed E-state index contributed by atoms with van der Waals surface area (Å²) in [6.45, 7) is 0.343. The first-order valence-corrected chi connectivity index (χ1v) is 11.0. The predicted octanol–water partition coefficient (Wildman–Crippen LogP) is 1.24. The molecule has 0 unspecified atom stereocenters. The highest BCUT2D eigenvalue weighted by Crippen LogP contribution is 2.23. The SMILES string of the molecule is NCCNc1ncnc2c1ncn2CC(=O)N1C[C@H](F)C[C@@H]1C(=O)NCc1cccc(Cl)c1F. The highest BCUT2D eigenvalue weighted by molar-refractivity contribution is 6.30. The van der Waals surface area contributed by atoms with Gasteiger partial charge >= 0.3 is 0 Å². The minimum Gasteiger partial charge on any atom is -0.367 e. The van der Waals surface area contributed by atoms with Gasteiger partial charge in [0.15, 0.2) is 11.5 Å². The van der Waals surface area contributed by atoms with Crippen molar-refractivity contribution in [2.24, 2.45) is 5.73 Å².